The molecule has 1 heterocycles. The molecule has 2 N–H and O–H groups in total. The van der Waals surface area contributed by atoms with Gasteiger partial charge in [-0.15, -0.1) is 0 Å². The third-order valence-corrected chi connectivity index (χ3v) is 5.79. The van der Waals surface area contributed by atoms with Crippen LogP contribution in [0.25, 0.3) is 5.76 Å². The van der Waals surface area contributed by atoms with Gasteiger partial charge >= 0.3 is 0 Å². The minimum atomic E-state index is -0.856. The maximum atomic E-state index is 13.1. The molecule has 8 heteroatoms. The molecule has 0 aromatic heterocycles. The van der Waals surface area contributed by atoms with Crippen LogP contribution in [-0.2, 0) is 9.59 Å². The lowest BCUT2D eigenvalue weighted by atomic mass is 9.94. The number of aliphatic hydroxyl groups excluding tert-OH is 1. The number of nitrogens with zero attached hydrogens (tertiary/aromatic N) is 1. The van der Waals surface area contributed by atoms with Gasteiger partial charge < -0.3 is 24.6 Å². The first-order valence-corrected chi connectivity index (χ1v) is 11.3. The van der Waals surface area contributed by atoms with Gasteiger partial charge in [-0.25, -0.2) is 0 Å². The number of unbranched alkanes of at least 4 members (excludes halogenated alkanes) is 2. The van der Waals surface area contributed by atoms with Crippen molar-refractivity contribution in [1.82, 2.24) is 4.90 Å². The highest BCUT2D eigenvalue weighted by Crippen LogP contribution is 2.43. The third-order valence-electron chi connectivity index (χ3n) is 5.56. The van der Waals surface area contributed by atoms with Crippen molar-refractivity contribution < 1.29 is 29.3 Å². The van der Waals surface area contributed by atoms with Gasteiger partial charge in [0.15, 0.2) is 11.5 Å². The van der Waals surface area contributed by atoms with E-state index in [0.29, 0.717) is 35.9 Å². The Labute approximate surface area is 198 Å². The Kier molecular flexibility index (Phi) is 7.87. The first-order chi connectivity index (χ1) is 15.8. The molecule has 1 aliphatic rings. The van der Waals surface area contributed by atoms with Gasteiger partial charge in [0.25, 0.3) is 11.7 Å². The number of aromatic hydroxyl groups is 1. The lowest BCUT2D eigenvalue weighted by molar-refractivity contribution is -0.139. The Morgan fingerprint density at radius 1 is 1.09 bits per heavy atom. The smallest absolute Gasteiger partial charge is 0.295 e. The van der Waals surface area contributed by atoms with Crippen LogP contribution in [0.2, 0.25) is 5.02 Å². The zero-order valence-corrected chi connectivity index (χ0v) is 19.7. The summed E-state index contributed by atoms with van der Waals surface area (Å²) >= 11 is 6.13. The molecule has 1 saturated heterocycles. The molecule has 3 rings (SSSR count). The van der Waals surface area contributed by atoms with Crippen molar-refractivity contribution in [2.24, 2.45) is 0 Å². The maximum absolute atomic E-state index is 13.1. The van der Waals surface area contributed by atoms with Crippen LogP contribution in [0.4, 0.5) is 0 Å². The highest BCUT2D eigenvalue weighted by Gasteiger charge is 2.46. The van der Waals surface area contributed by atoms with Crippen LogP contribution in [0, 0.1) is 0 Å². The number of aliphatic hydroxyl groups is 1. The monoisotopic (exact) mass is 473 g/mol. The van der Waals surface area contributed by atoms with E-state index in [1.54, 1.807) is 31.2 Å². The van der Waals surface area contributed by atoms with Crippen LogP contribution in [-0.4, -0.2) is 47.1 Å². The molecule has 1 amide bonds. The molecule has 2 aromatic rings. The molecule has 1 aliphatic heterocycles. The lowest BCUT2D eigenvalue weighted by Gasteiger charge is -2.26. The summed E-state index contributed by atoms with van der Waals surface area (Å²) in [5.41, 5.74) is 0.685. The molecule has 0 aliphatic carbocycles. The molecule has 1 unspecified atom stereocenters. The van der Waals surface area contributed by atoms with E-state index in [9.17, 15) is 19.8 Å². The molecule has 0 bridgehead atoms. The number of phenols is 1. The van der Waals surface area contributed by atoms with Gasteiger partial charge in [-0.2, -0.15) is 0 Å². The van der Waals surface area contributed by atoms with Crippen LogP contribution in [0.1, 0.15) is 50.3 Å². The second-order valence-corrected chi connectivity index (χ2v) is 8.14. The zero-order chi connectivity index (χ0) is 24.1. The number of Topliss-reactive ketones (excluding diaryl/α,β-unsaturated/α-hetero) is 1. The number of amides is 1. The lowest BCUT2D eigenvalue weighted by Crippen LogP contribution is -2.30. The molecule has 1 fully saturated rings. The van der Waals surface area contributed by atoms with Gasteiger partial charge in [0, 0.05) is 11.6 Å². The van der Waals surface area contributed by atoms with E-state index in [1.165, 1.54) is 24.1 Å². The summed E-state index contributed by atoms with van der Waals surface area (Å²) in [4.78, 5) is 27.6. The van der Waals surface area contributed by atoms with Gasteiger partial charge in [0.2, 0.25) is 0 Å². The molecule has 2 aromatic carbocycles. The van der Waals surface area contributed by atoms with Crippen LogP contribution in [0.5, 0.6) is 17.2 Å². The third kappa shape index (κ3) is 4.93. The summed E-state index contributed by atoms with van der Waals surface area (Å²) < 4.78 is 10.8. The zero-order valence-electron chi connectivity index (χ0n) is 18.9. The first-order valence-electron chi connectivity index (χ1n) is 10.9. The summed E-state index contributed by atoms with van der Waals surface area (Å²) in [6.07, 6.45) is 2.54. The Morgan fingerprint density at radius 3 is 2.52 bits per heavy atom. The normalized spacial score (nSPS) is 17.5. The van der Waals surface area contributed by atoms with Crippen LogP contribution in [0.15, 0.2) is 42.0 Å². The SMILES string of the molecule is CCCCCN1C(=O)C(=O)/C(=C(/O)c2cc(Cl)ccc2OC)C1c1ccc(O)c(OCC)c1. The van der Waals surface area contributed by atoms with Gasteiger partial charge in [-0.3, -0.25) is 9.59 Å². The van der Waals surface area contributed by atoms with Crippen molar-refractivity contribution in [2.45, 2.75) is 39.2 Å². The number of likely N-dealkylation sites (tertiary alicyclic amines) is 1. The number of rotatable bonds is 9. The molecule has 0 radical (unpaired) electrons. The molecular formula is C25H28ClNO6. The average Bonchev–Trinajstić information content (AvgIpc) is 3.05. The van der Waals surface area contributed by atoms with E-state index in [-0.39, 0.29) is 28.4 Å². The number of ether oxygens (including phenoxy) is 2. The van der Waals surface area contributed by atoms with E-state index in [2.05, 4.69) is 0 Å². The molecule has 0 spiro atoms. The molecule has 33 heavy (non-hydrogen) atoms. The Bertz CT molecular complexity index is 1080. The minimum absolute atomic E-state index is 0.0555. The molecule has 0 saturated carbocycles. The molecule has 1 atom stereocenters. The van der Waals surface area contributed by atoms with Crippen molar-refractivity contribution in [1.29, 1.82) is 0 Å². The van der Waals surface area contributed by atoms with Crippen molar-refractivity contribution in [3.63, 3.8) is 0 Å². The van der Waals surface area contributed by atoms with Crippen molar-refractivity contribution >= 4 is 29.1 Å². The first kappa shape index (κ1) is 24.5. The van der Waals surface area contributed by atoms with E-state index in [4.69, 9.17) is 21.1 Å². The standard InChI is InChI=1S/C25H28ClNO6/c1-4-6-7-12-27-22(15-8-10-18(28)20(13-15)33-5-2)21(24(30)25(27)31)23(29)17-14-16(26)9-11-19(17)32-3/h8-11,13-14,22,28-29H,4-7,12H2,1-3H3/b23-21+. The van der Waals surface area contributed by atoms with Crippen molar-refractivity contribution in [2.75, 3.05) is 20.3 Å². The number of hydrogen-bond donors (Lipinski definition) is 2. The number of benzene rings is 2. The van der Waals surface area contributed by atoms with E-state index >= 15 is 0 Å². The fourth-order valence-electron chi connectivity index (χ4n) is 3.97. The highest BCUT2D eigenvalue weighted by molar-refractivity contribution is 6.46. The minimum Gasteiger partial charge on any atom is -0.507 e. The number of phenolic OH excluding ortho intramolecular Hbond substituents is 1. The van der Waals surface area contributed by atoms with E-state index in [0.717, 1.165) is 12.8 Å². The van der Waals surface area contributed by atoms with E-state index < -0.39 is 17.7 Å². The fraction of sp³-hybridized carbons (Fsp3) is 0.360. The highest BCUT2D eigenvalue weighted by atomic mass is 35.5. The number of hydrogen-bond acceptors (Lipinski definition) is 6. The predicted molar refractivity (Wildman–Crippen MR) is 126 cm³/mol. The summed E-state index contributed by atoms with van der Waals surface area (Å²) in [5, 5.41) is 21.7. The maximum Gasteiger partial charge on any atom is 0.295 e. The predicted octanol–water partition coefficient (Wildman–Crippen LogP) is 5.06. The molecule has 7 nitrogen and oxygen atoms in total. The van der Waals surface area contributed by atoms with Gasteiger partial charge in [0.1, 0.15) is 11.5 Å². The fourth-order valence-corrected chi connectivity index (χ4v) is 4.14. The van der Waals surface area contributed by atoms with Gasteiger partial charge in [0.05, 0.1) is 30.9 Å². The summed E-state index contributed by atoms with van der Waals surface area (Å²) in [5.74, 6) is -1.36. The van der Waals surface area contributed by atoms with Crippen molar-refractivity contribution in [3.05, 3.63) is 58.1 Å². The average molecular weight is 474 g/mol. The Hall–Kier alpha value is -3.19. The Morgan fingerprint density at radius 2 is 1.85 bits per heavy atom. The van der Waals surface area contributed by atoms with Crippen LogP contribution in [0.3, 0.4) is 0 Å². The number of halogens is 1. The number of carbonyl (C=O) groups is 2. The molecule has 176 valence electrons. The second-order valence-electron chi connectivity index (χ2n) is 7.70. The largest absolute Gasteiger partial charge is 0.507 e. The topological polar surface area (TPSA) is 96.3 Å². The van der Waals surface area contributed by atoms with Crippen LogP contribution < -0.4 is 9.47 Å². The van der Waals surface area contributed by atoms with Gasteiger partial charge in [-0.05, 0) is 49.2 Å². The summed E-state index contributed by atoms with van der Waals surface area (Å²) in [6, 6.07) is 8.47. The quantitative estimate of drug-likeness (QED) is 0.228. The van der Waals surface area contributed by atoms with Crippen molar-refractivity contribution in [3.8, 4) is 17.2 Å². The molecular weight excluding hydrogens is 446 g/mol. The second kappa shape index (κ2) is 10.6. The van der Waals surface area contributed by atoms with Gasteiger partial charge in [-0.1, -0.05) is 37.4 Å². The number of methoxy groups -OCH3 is 1. The number of carbonyl (C=O) groups excluding carboxylic acids is 2. The van der Waals surface area contributed by atoms with Crippen LogP contribution >= 0.6 is 11.6 Å². The number of ketones is 1. The summed E-state index contributed by atoms with van der Waals surface area (Å²) in [7, 11) is 1.44. The summed E-state index contributed by atoms with van der Waals surface area (Å²) in [6.45, 7) is 4.50. The Balaban J connectivity index is 2.21. The van der Waals surface area contributed by atoms with E-state index in [1.807, 2.05) is 6.92 Å².